The molecule has 15 heteroatoms. The molecule has 0 saturated carbocycles. The summed E-state index contributed by atoms with van der Waals surface area (Å²) in [6, 6.07) is 28.0. The molecule has 0 fully saturated rings. The van der Waals surface area contributed by atoms with Crippen molar-refractivity contribution in [2.24, 2.45) is 10.9 Å². The molecular formula is C34H35F3N4O7S. The Kier molecular flexibility index (Phi) is 13.4. The molecule has 49 heavy (non-hydrogen) atoms. The Morgan fingerprint density at radius 1 is 0.816 bits per heavy atom. The van der Waals surface area contributed by atoms with Crippen molar-refractivity contribution in [2.45, 2.75) is 30.5 Å². The fourth-order valence-electron chi connectivity index (χ4n) is 4.50. The van der Waals surface area contributed by atoms with Crippen LogP contribution in [0.5, 0.6) is 5.75 Å². The summed E-state index contributed by atoms with van der Waals surface area (Å²) in [7, 11) is -3.79. The van der Waals surface area contributed by atoms with Crippen LogP contribution >= 0.6 is 0 Å². The van der Waals surface area contributed by atoms with E-state index < -0.39 is 22.2 Å². The molecule has 4 aromatic carbocycles. The third kappa shape index (κ3) is 12.4. The van der Waals surface area contributed by atoms with E-state index in [4.69, 9.17) is 20.8 Å². The first-order valence-electron chi connectivity index (χ1n) is 14.7. The molecule has 0 unspecified atom stereocenters. The number of hydrogen-bond acceptors (Lipinski definition) is 7. The summed E-state index contributed by atoms with van der Waals surface area (Å²) in [5.74, 6) is -2.91. The Morgan fingerprint density at radius 2 is 1.39 bits per heavy atom. The highest BCUT2D eigenvalue weighted by molar-refractivity contribution is 7.89. The number of benzene rings is 4. The van der Waals surface area contributed by atoms with E-state index >= 15 is 0 Å². The van der Waals surface area contributed by atoms with E-state index in [-0.39, 0.29) is 28.9 Å². The number of hydrogen-bond donors (Lipinski definition) is 5. The second-order valence-electron chi connectivity index (χ2n) is 10.7. The van der Waals surface area contributed by atoms with Crippen LogP contribution in [0.2, 0.25) is 0 Å². The molecule has 7 N–H and O–H groups in total. The van der Waals surface area contributed by atoms with E-state index in [1.165, 1.54) is 12.1 Å². The molecule has 4 aromatic rings. The lowest BCUT2D eigenvalue weighted by atomic mass is 10.0. The van der Waals surface area contributed by atoms with Crippen molar-refractivity contribution in [1.82, 2.24) is 10.2 Å². The maximum Gasteiger partial charge on any atom is 0.490 e. The van der Waals surface area contributed by atoms with Crippen LogP contribution in [0.1, 0.15) is 27.0 Å². The number of carboxylic acid groups (broad SMARTS) is 1. The molecule has 0 atom stereocenters. The average molecular weight is 701 g/mol. The number of aliphatic carboxylic acids is 1. The molecule has 0 spiro atoms. The Morgan fingerprint density at radius 3 is 1.96 bits per heavy atom. The smallest absolute Gasteiger partial charge is 0.490 e. The zero-order chi connectivity index (χ0) is 36.2. The summed E-state index contributed by atoms with van der Waals surface area (Å²) < 4.78 is 54.9. The maximum absolute atomic E-state index is 13.5. The molecule has 0 aromatic heterocycles. The third-order valence-electron chi connectivity index (χ3n) is 7.00. The summed E-state index contributed by atoms with van der Waals surface area (Å²) in [5, 5.41) is 24.7. The Balaban J connectivity index is 0.000000838. The number of rotatable bonds is 12. The zero-order valence-corrected chi connectivity index (χ0v) is 26.9. The van der Waals surface area contributed by atoms with E-state index in [1.807, 2.05) is 42.5 Å². The molecule has 0 radical (unpaired) electrons. The maximum atomic E-state index is 13.5. The lowest BCUT2D eigenvalue weighted by Gasteiger charge is -2.24. The van der Waals surface area contributed by atoms with Crippen molar-refractivity contribution in [3.8, 4) is 16.9 Å². The van der Waals surface area contributed by atoms with E-state index in [1.54, 1.807) is 47.4 Å². The number of nitrogens with one attached hydrogen (secondary N) is 1. The molecule has 0 aliphatic rings. The van der Waals surface area contributed by atoms with Gasteiger partial charge in [-0.2, -0.15) is 13.2 Å². The number of halogens is 3. The van der Waals surface area contributed by atoms with Crippen LogP contribution in [0, 0.1) is 0 Å². The van der Waals surface area contributed by atoms with Gasteiger partial charge in [0.1, 0.15) is 5.75 Å². The molecule has 0 aliphatic heterocycles. The van der Waals surface area contributed by atoms with Gasteiger partial charge in [0.2, 0.25) is 15.9 Å². The SMILES string of the molecule is NCCNC(=O)c1cccc(-c2cccc(CN(CCc3ccc(S(N)(=O)=O)cc3)C(=O)Cc3ccc(O)cc3)c2)c1.O=C(O)C(F)(F)F. The standard InChI is InChI=1S/C32H34N4O5S.C2HF3O2/c33-16-17-35-32(39)28-6-2-5-27(21-28)26-4-1-3-25(19-26)22-36(31(38)20-24-7-11-29(37)12-8-24)18-15-23-9-13-30(14-10-23)42(34,40)41;3-2(4,5)1(6)7/h1-14,19,21,37H,15-18,20,22,33H2,(H,35,39)(H2,34,40,41);(H,6,7). The van der Waals surface area contributed by atoms with Gasteiger partial charge in [-0.05, 0) is 76.7 Å². The van der Waals surface area contributed by atoms with Crippen LogP contribution in [0.3, 0.4) is 0 Å². The molecule has 2 amide bonds. The monoisotopic (exact) mass is 700 g/mol. The average Bonchev–Trinajstić information content (AvgIpc) is 3.06. The van der Waals surface area contributed by atoms with E-state index in [0.717, 1.165) is 27.8 Å². The Hall–Kier alpha value is -5.25. The van der Waals surface area contributed by atoms with Crippen molar-refractivity contribution >= 4 is 27.8 Å². The predicted octanol–water partition coefficient (Wildman–Crippen LogP) is 3.84. The van der Waals surface area contributed by atoms with Crippen LogP contribution in [-0.4, -0.2) is 67.1 Å². The first kappa shape index (κ1) is 38.2. The number of amides is 2. The summed E-state index contributed by atoms with van der Waals surface area (Å²) in [4.78, 5) is 36.6. The van der Waals surface area contributed by atoms with E-state index in [2.05, 4.69) is 5.32 Å². The number of sulfonamides is 1. The van der Waals surface area contributed by atoms with E-state index in [0.29, 0.717) is 38.2 Å². The molecule has 4 rings (SSSR count). The van der Waals surface area contributed by atoms with Gasteiger partial charge in [0.15, 0.2) is 0 Å². The van der Waals surface area contributed by atoms with Crippen LogP contribution < -0.4 is 16.2 Å². The van der Waals surface area contributed by atoms with Gasteiger partial charge < -0.3 is 26.2 Å². The van der Waals surface area contributed by atoms with Crippen LogP contribution in [-0.2, 0) is 39.0 Å². The van der Waals surface area contributed by atoms with Gasteiger partial charge in [-0.3, -0.25) is 9.59 Å². The predicted molar refractivity (Wildman–Crippen MR) is 176 cm³/mol. The lowest BCUT2D eigenvalue weighted by molar-refractivity contribution is -0.192. The van der Waals surface area contributed by atoms with Crippen LogP contribution in [0.15, 0.2) is 102 Å². The summed E-state index contributed by atoms with van der Waals surface area (Å²) in [5.41, 5.74) is 10.4. The lowest BCUT2D eigenvalue weighted by Crippen LogP contribution is -2.33. The quantitative estimate of drug-likeness (QED) is 0.147. The first-order valence-corrected chi connectivity index (χ1v) is 16.3. The first-order chi connectivity index (χ1) is 23.1. The highest BCUT2D eigenvalue weighted by Gasteiger charge is 2.38. The number of nitrogens with two attached hydrogens (primary N) is 2. The van der Waals surface area contributed by atoms with Gasteiger partial charge in [-0.1, -0.05) is 54.6 Å². The number of primary sulfonamides is 1. The van der Waals surface area contributed by atoms with E-state index in [9.17, 15) is 36.3 Å². The molecule has 11 nitrogen and oxygen atoms in total. The van der Waals surface area contributed by atoms with Gasteiger partial charge in [0.25, 0.3) is 5.91 Å². The highest BCUT2D eigenvalue weighted by atomic mass is 32.2. The molecule has 260 valence electrons. The molecule has 0 aliphatic carbocycles. The second kappa shape index (κ2) is 17.2. The minimum absolute atomic E-state index is 0.0317. The van der Waals surface area contributed by atoms with Gasteiger partial charge in [0, 0.05) is 31.7 Å². The van der Waals surface area contributed by atoms with Crippen LogP contribution in [0.25, 0.3) is 11.1 Å². The van der Waals surface area contributed by atoms with Gasteiger partial charge in [-0.25, -0.2) is 18.4 Å². The summed E-state index contributed by atoms with van der Waals surface area (Å²) in [6.45, 7) is 1.49. The van der Waals surface area contributed by atoms with Crippen molar-refractivity contribution in [2.75, 3.05) is 19.6 Å². The van der Waals surface area contributed by atoms with Crippen LogP contribution in [0.4, 0.5) is 13.2 Å². The summed E-state index contributed by atoms with van der Waals surface area (Å²) in [6.07, 6.45) is -4.42. The number of alkyl halides is 3. The molecule has 0 saturated heterocycles. The van der Waals surface area contributed by atoms with Crippen molar-refractivity contribution in [3.63, 3.8) is 0 Å². The minimum Gasteiger partial charge on any atom is -0.508 e. The number of phenolic OH excluding ortho intramolecular Hbond substituents is 1. The minimum atomic E-state index is -5.08. The third-order valence-corrected chi connectivity index (χ3v) is 7.93. The Bertz CT molecular complexity index is 1850. The number of carbonyl (C=O) groups is 3. The number of carboxylic acids is 1. The normalized spacial score (nSPS) is 11.2. The van der Waals surface area contributed by atoms with Gasteiger partial charge >= 0.3 is 12.1 Å². The molecular weight excluding hydrogens is 665 g/mol. The van der Waals surface area contributed by atoms with Gasteiger partial charge in [-0.15, -0.1) is 0 Å². The molecule has 0 bridgehead atoms. The number of nitrogens with zero attached hydrogens (tertiary/aromatic N) is 1. The topological polar surface area (TPSA) is 193 Å². The number of phenols is 1. The fourth-order valence-corrected chi connectivity index (χ4v) is 5.01. The number of aromatic hydroxyl groups is 1. The number of carbonyl (C=O) groups excluding carboxylic acids is 2. The Labute approximate surface area is 281 Å². The van der Waals surface area contributed by atoms with Crippen molar-refractivity contribution in [1.29, 1.82) is 0 Å². The largest absolute Gasteiger partial charge is 0.508 e. The fraction of sp³-hybridized carbons (Fsp3) is 0.206. The second-order valence-corrected chi connectivity index (χ2v) is 12.3. The van der Waals surface area contributed by atoms with Gasteiger partial charge in [0.05, 0.1) is 11.3 Å². The van der Waals surface area contributed by atoms with Crippen molar-refractivity contribution < 1.29 is 46.2 Å². The van der Waals surface area contributed by atoms with Crippen molar-refractivity contribution in [3.05, 3.63) is 119 Å². The summed E-state index contributed by atoms with van der Waals surface area (Å²) >= 11 is 0. The molecule has 0 heterocycles. The zero-order valence-electron chi connectivity index (χ0n) is 26.1. The highest BCUT2D eigenvalue weighted by Crippen LogP contribution is 2.23.